The summed E-state index contributed by atoms with van der Waals surface area (Å²) in [5.74, 6) is 0.355. The molecule has 8 heteroatoms. The van der Waals surface area contributed by atoms with E-state index < -0.39 is 10.0 Å². The molecule has 0 fully saturated rings. The minimum Gasteiger partial charge on any atom is -0.494 e. The van der Waals surface area contributed by atoms with Crippen molar-refractivity contribution >= 4 is 32.7 Å². The Morgan fingerprint density at radius 3 is 2.32 bits per heavy atom. The van der Waals surface area contributed by atoms with Crippen LogP contribution in [0.3, 0.4) is 0 Å². The van der Waals surface area contributed by atoms with Gasteiger partial charge in [-0.2, -0.15) is 0 Å². The van der Waals surface area contributed by atoms with Crippen LogP contribution in [0.4, 0.5) is 5.69 Å². The molecular formula is C23H18N4O3S. The Morgan fingerprint density at radius 1 is 0.968 bits per heavy atom. The number of sulfonamides is 1. The van der Waals surface area contributed by atoms with E-state index in [0.29, 0.717) is 28.0 Å². The minimum absolute atomic E-state index is 0.0788. The van der Waals surface area contributed by atoms with E-state index in [9.17, 15) is 13.5 Å². The molecule has 0 saturated carbocycles. The van der Waals surface area contributed by atoms with Crippen LogP contribution in [0.15, 0.2) is 87.4 Å². The number of nitrogens with zero attached hydrogens (tertiary/aromatic N) is 2. The van der Waals surface area contributed by atoms with Crippen molar-refractivity contribution in [1.29, 1.82) is 0 Å². The van der Waals surface area contributed by atoms with Crippen molar-refractivity contribution in [3.05, 3.63) is 94.4 Å². The molecule has 1 aromatic heterocycles. The van der Waals surface area contributed by atoms with E-state index >= 15 is 0 Å². The van der Waals surface area contributed by atoms with Crippen LogP contribution in [0.25, 0.3) is 17.0 Å². The topological polar surface area (TPSA) is 107 Å². The normalized spacial score (nSPS) is 12.9. The van der Waals surface area contributed by atoms with Gasteiger partial charge in [-0.3, -0.25) is 4.72 Å². The van der Waals surface area contributed by atoms with Crippen molar-refractivity contribution in [3.8, 4) is 5.88 Å². The monoisotopic (exact) mass is 430 g/mol. The zero-order valence-corrected chi connectivity index (χ0v) is 17.3. The quantitative estimate of drug-likeness (QED) is 0.463. The highest BCUT2D eigenvalue weighted by Gasteiger charge is 2.18. The Balaban J connectivity index is 1.56. The highest BCUT2D eigenvalue weighted by Crippen LogP contribution is 2.32. The minimum atomic E-state index is -3.81. The lowest BCUT2D eigenvalue weighted by molar-refractivity contribution is 0.457. The smallest absolute Gasteiger partial charge is 0.261 e. The predicted octanol–water partition coefficient (Wildman–Crippen LogP) is 3.23. The number of rotatable bonds is 4. The summed E-state index contributed by atoms with van der Waals surface area (Å²) in [5.41, 5.74) is 2.55. The molecule has 0 aliphatic carbocycles. The van der Waals surface area contributed by atoms with Gasteiger partial charge in [-0.1, -0.05) is 29.8 Å². The molecular weight excluding hydrogens is 412 g/mol. The number of para-hydroxylation sites is 2. The van der Waals surface area contributed by atoms with Gasteiger partial charge in [0.25, 0.3) is 10.0 Å². The highest BCUT2D eigenvalue weighted by molar-refractivity contribution is 7.92. The number of hydrogen-bond acceptors (Lipinski definition) is 5. The number of aromatic hydroxyl groups is 1. The first-order valence-electron chi connectivity index (χ1n) is 9.57. The summed E-state index contributed by atoms with van der Waals surface area (Å²) < 4.78 is 28.4. The summed E-state index contributed by atoms with van der Waals surface area (Å²) in [7, 11) is -3.81. The molecule has 0 atom stereocenters. The van der Waals surface area contributed by atoms with Crippen molar-refractivity contribution in [1.82, 2.24) is 4.98 Å². The molecule has 0 unspecified atom stereocenters. The van der Waals surface area contributed by atoms with Crippen molar-refractivity contribution < 1.29 is 13.5 Å². The third kappa shape index (κ3) is 3.57. The van der Waals surface area contributed by atoms with E-state index in [4.69, 9.17) is 0 Å². The fourth-order valence-electron chi connectivity index (χ4n) is 3.45. The summed E-state index contributed by atoms with van der Waals surface area (Å²) in [4.78, 5) is 11.8. The van der Waals surface area contributed by atoms with Crippen molar-refractivity contribution in [2.75, 3.05) is 4.72 Å². The lowest BCUT2D eigenvalue weighted by Crippen LogP contribution is -2.19. The van der Waals surface area contributed by atoms with Crippen LogP contribution >= 0.6 is 0 Å². The summed E-state index contributed by atoms with van der Waals surface area (Å²) in [6.45, 7) is 1.93. The fraction of sp³-hybridized carbons (Fsp3) is 0.0435. The van der Waals surface area contributed by atoms with Crippen LogP contribution in [0, 0.1) is 6.92 Å². The van der Waals surface area contributed by atoms with Gasteiger partial charge >= 0.3 is 0 Å². The molecule has 0 bridgehead atoms. The molecule has 3 aromatic carbocycles. The zero-order valence-electron chi connectivity index (χ0n) is 16.5. The average Bonchev–Trinajstić information content (AvgIpc) is 3.29. The van der Waals surface area contributed by atoms with Gasteiger partial charge in [0.05, 0.1) is 15.6 Å². The Kier molecular flexibility index (Phi) is 4.37. The number of hydrogen-bond donors (Lipinski definition) is 3. The van der Waals surface area contributed by atoms with Crippen LogP contribution in [-0.2, 0) is 10.0 Å². The van der Waals surface area contributed by atoms with Gasteiger partial charge in [0.1, 0.15) is 0 Å². The van der Waals surface area contributed by atoms with Crippen LogP contribution in [0.2, 0.25) is 0 Å². The van der Waals surface area contributed by atoms with Gasteiger partial charge in [0.15, 0.2) is 11.7 Å². The maximum atomic E-state index is 12.9. The van der Waals surface area contributed by atoms with Crippen LogP contribution in [0.5, 0.6) is 5.88 Å². The van der Waals surface area contributed by atoms with E-state index in [2.05, 4.69) is 19.7 Å². The molecule has 31 heavy (non-hydrogen) atoms. The average molecular weight is 430 g/mol. The van der Waals surface area contributed by atoms with Gasteiger partial charge in [-0.05, 0) is 55.5 Å². The van der Waals surface area contributed by atoms with E-state index in [0.717, 1.165) is 16.3 Å². The number of H-pyrrole nitrogens is 1. The number of aryl methyl sites for hydroxylation is 1. The number of aromatic nitrogens is 1. The summed E-state index contributed by atoms with van der Waals surface area (Å²) in [6, 6.07) is 19.2. The third-order valence-electron chi connectivity index (χ3n) is 5.03. The second-order valence-electron chi connectivity index (χ2n) is 7.28. The van der Waals surface area contributed by atoms with E-state index in [1.54, 1.807) is 24.3 Å². The first-order valence-corrected chi connectivity index (χ1v) is 11.1. The SMILES string of the molecule is Cc1ccc(NS(=O)(=O)c2ccc3[nH]c(O)c(C=C4N=c5ccccc5=N4)c3c2)cc1. The first kappa shape index (κ1) is 19.1. The van der Waals surface area contributed by atoms with E-state index in [1.165, 1.54) is 12.1 Å². The van der Waals surface area contributed by atoms with Gasteiger partial charge < -0.3 is 10.1 Å². The van der Waals surface area contributed by atoms with Gasteiger partial charge in [-0.15, -0.1) is 0 Å². The second kappa shape index (κ2) is 7.10. The first-order chi connectivity index (χ1) is 14.9. The lowest BCUT2D eigenvalue weighted by atomic mass is 10.1. The molecule has 0 radical (unpaired) electrons. The zero-order chi connectivity index (χ0) is 21.6. The Labute approximate surface area is 178 Å². The van der Waals surface area contributed by atoms with Crippen molar-refractivity contribution in [3.63, 3.8) is 0 Å². The summed E-state index contributed by atoms with van der Waals surface area (Å²) >= 11 is 0. The maximum Gasteiger partial charge on any atom is 0.261 e. The predicted molar refractivity (Wildman–Crippen MR) is 119 cm³/mol. The molecule has 2 heterocycles. The molecule has 1 aliphatic rings. The number of fused-ring (bicyclic) bond motifs is 2. The molecule has 1 aliphatic heterocycles. The van der Waals surface area contributed by atoms with Gasteiger partial charge in [0, 0.05) is 22.2 Å². The standard InChI is InChI=1S/C23H18N4O3S/c1-14-6-8-15(9-7-14)27-31(29,30)16-10-11-19-17(12-16)18(23(28)26-19)13-22-24-20-4-2-3-5-21(20)25-22/h2-13,26-28H,1H3. The van der Waals surface area contributed by atoms with Crippen LogP contribution in [-0.4, -0.2) is 18.5 Å². The Hall–Kier alpha value is -3.91. The maximum absolute atomic E-state index is 12.9. The van der Waals surface area contributed by atoms with Crippen LogP contribution < -0.4 is 15.4 Å². The van der Waals surface area contributed by atoms with Crippen molar-refractivity contribution in [2.24, 2.45) is 9.98 Å². The van der Waals surface area contributed by atoms with E-state index in [1.807, 2.05) is 43.3 Å². The largest absolute Gasteiger partial charge is 0.494 e. The number of anilines is 1. The van der Waals surface area contributed by atoms with Crippen LogP contribution in [0.1, 0.15) is 11.1 Å². The molecule has 3 N–H and O–H groups in total. The fourth-order valence-corrected chi connectivity index (χ4v) is 4.53. The molecule has 154 valence electrons. The lowest BCUT2D eigenvalue weighted by Gasteiger charge is -2.08. The van der Waals surface area contributed by atoms with E-state index in [-0.39, 0.29) is 10.8 Å². The molecule has 7 nitrogen and oxygen atoms in total. The molecule has 5 rings (SSSR count). The third-order valence-corrected chi connectivity index (χ3v) is 6.41. The molecule has 4 aromatic rings. The molecule has 0 saturated heterocycles. The Morgan fingerprint density at radius 2 is 1.65 bits per heavy atom. The molecule has 0 amide bonds. The summed E-state index contributed by atoms with van der Waals surface area (Å²) in [5, 5.41) is 12.5. The van der Waals surface area contributed by atoms with Gasteiger partial charge in [0.2, 0.25) is 0 Å². The summed E-state index contributed by atoms with van der Waals surface area (Å²) in [6.07, 6.45) is 1.64. The van der Waals surface area contributed by atoms with Gasteiger partial charge in [-0.25, -0.2) is 18.4 Å². The number of aromatic amines is 1. The number of benzene rings is 3. The molecule has 0 spiro atoms. The second-order valence-corrected chi connectivity index (χ2v) is 8.96. The number of nitrogens with one attached hydrogen (secondary N) is 2. The van der Waals surface area contributed by atoms with Crippen molar-refractivity contribution in [2.45, 2.75) is 11.8 Å². The Bertz CT molecular complexity index is 1550. The highest BCUT2D eigenvalue weighted by atomic mass is 32.2.